The molecule has 0 saturated carbocycles. The van der Waals surface area contributed by atoms with Crippen molar-refractivity contribution < 1.29 is 19.7 Å². The highest BCUT2D eigenvalue weighted by Crippen LogP contribution is 1.96. The summed E-state index contributed by atoms with van der Waals surface area (Å²) < 4.78 is 9.76. The molecule has 1 heterocycles. The molecule has 1 atom stereocenters. The lowest BCUT2D eigenvalue weighted by molar-refractivity contribution is 0.0374. The Morgan fingerprint density at radius 3 is 3.09 bits per heavy atom. The number of aliphatic hydroxyl groups excluding tert-OH is 2. The molecule has 0 bridgehead atoms. The molecule has 1 rings (SSSR count). The number of rotatable bonds is 3. The van der Waals surface area contributed by atoms with E-state index in [0.717, 1.165) is 0 Å². The highest BCUT2D eigenvalue weighted by Gasteiger charge is 2.10. The maximum absolute atomic E-state index is 8.83. The van der Waals surface area contributed by atoms with E-state index in [-0.39, 0.29) is 19.3 Å². The molecule has 11 heavy (non-hydrogen) atoms. The van der Waals surface area contributed by atoms with Crippen molar-refractivity contribution >= 4 is 6.08 Å². The Balaban J connectivity index is 2.11. The molecular formula is C6H11NO4. The quantitative estimate of drug-likeness (QED) is 0.542. The summed E-state index contributed by atoms with van der Waals surface area (Å²) in [5.41, 5.74) is 0. The minimum Gasteiger partial charge on any atom is -0.449 e. The topological polar surface area (TPSA) is 71.3 Å². The fourth-order valence-corrected chi connectivity index (χ4v) is 0.623. The summed E-state index contributed by atoms with van der Waals surface area (Å²) in [6.07, 6.45) is -0.653. The van der Waals surface area contributed by atoms with E-state index in [1.165, 1.54) is 0 Å². The molecule has 0 aliphatic carbocycles. The number of aliphatic hydroxyl groups is 2. The van der Waals surface area contributed by atoms with Gasteiger partial charge in [0.25, 0.3) is 0 Å². The summed E-state index contributed by atoms with van der Waals surface area (Å²) in [7, 11) is 0. The molecule has 5 heteroatoms. The van der Waals surface area contributed by atoms with Crippen LogP contribution in [0.3, 0.4) is 0 Å². The van der Waals surface area contributed by atoms with Crippen LogP contribution in [0.15, 0.2) is 4.99 Å². The SMILES string of the molecule is OCC(O)COC1=NCCO1. The lowest BCUT2D eigenvalue weighted by Gasteiger charge is -2.07. The zero-order chi connectivity index (χ0) is 8.10. The van der Waals surface area contributed by atoms with Crippen LogP contribution in [-0.4, -0.2) is 48.8 Å². The van der Waals surface area contributed by atoms with Gasteiger partial charge in [0.1, 0.15) is 19.3 Å². The molecule has 0 fully saturated rings. The predicted molar refractivity (Wildman–Crippen MR) is 37.3 cm³/mol. The molecule has 0 aromatic heterocycles. The van der Waals surface area contributed by atoms with Crippen molar-refractivity contribution in [2.45, 2.75) is 6.10 Å². The number of nitrogens with zero attached hydrogens (tertiary/aromatic N) is 1. The summed E-state index contributed by atoms with van der Waals surface area (Å²) in [5, 5.41) is 17.2. The van der Waals surface area contributed by atoms with Crippen LogP contribution in [0.25, 0.3) is 0 Å². The van der Waals surface area contributed by atoms with Crippen molar-refractivity contribution in [2.75, 3.05) is 26.4 Å². The molecular weight excluding hydrogens is 150 g/mol. The third kappa shape index (κ3) is 2.73. The Kier molecular flexibility index (Phi) is 3.13. The van der Waals surface area contributed by atoms with Gasteiger partial charge in [0.05, 0.1) is 13.2 Å². The third-order valence-electron chi connectivity index (χ3n) is 1.17. The van der Waals surface area contributed by atoms with Gasteiger partial charge in [0.15, 0.2) is 0 Å². The second kappa shape index (κ2) is 4.15. The van der Waals surface area contributed by atoms with Gasteiger partial charge in [-0.3, -0.25) is 0 Å². The van der Waals surface area contributed by atoms with Gasteiger partial charge in [-0.1, -0.05) is 0 Å². The average molecular weight is 161 g/mol. The highest BCUT2D eigenvalue weighted by molar-refractivity contribution is 5.68. The van der Waals surface area contributed by atoms with E-state index in [0.29, 0.717) is 13.2 Å². The van der Waals surface area contributed by atoms with Gasteiger partial charge in [-0.15, -0.1) is 0 Å². The van der Waals surface area contributed by atoms with Crippen LogP contribution in [0.2, 0.25) is 0 Å². The van der Waals surface area contributed by atoms with Crippen LogP contribution in [0.1, 0.15) is 0 Å². The molecule has 2 N–H and O–H groups in total. The summed E-state index contributed by atoms with van der Waals surface area (Å²) >= 11 is 0. The molecule has 5 nitrogen and oxygen atoms in total. The van der Waals surface area contributed by atoms with E-state index < -0.39 is 6.10 Å². The normalized spacial score (nSPS) is 18.9. The van der Waals surface area contributed by atoms with Crippen molar-refractivity contribution in [3.63, 3.8) is 0 Å². The van der Waals surface area contributed by atoms with Crippen LogP contribution in [0, 0.1) is 0 Å². The van der Waals surface area contributed by atoms with Crippen molar-refractivity contribution in [2.24, 2.45) is 4.99 Å². The third-order valence-corrected chi connectivity index (χ3v) is 1.17. The summed E-state index contributed by atoms with van der Waals surface area (Å²) in [6, 6.07) is 0. The maximum Gasteiger partial charge on any atom is 0.383 e. The molecule has 0 aromatic carbocycles. The molecule has 0 spiro atoms. The first-order chi connectivity index (χ1) is 5.33. The van der Waals surface area contributed by atoms with Gasteiger partial charge in [0, 0.05) is 0 Å². The maximum atomic E-state index is 8.83. The Hall–Kier alpha value is -0.810. The van der Waals surface area contributed by atoms with E-state index in [1.54, 1.807) is 0 Å². The fraction of sp³-hybridized carbons (Fsp3) is 0.833. The van der Waals surface area contributed by atoms with Gasteiger partial charge in [0.2, 0.25) is 0 Å². The molecule has 1 aliphatic heterocycles. The average Bonchev–Trinajstić information content (AvgIpc) is 2.52. The highest BCUT2D eigenvalue weighted by atomic mass is 16.7. The molecule has 0 amide bonds. The van der Waals surface area contributed by atoms with Gasteiger partial charge in [-0.05, 0) is 0 Å². The summed E-state index contributed by atoms with van der Waals surface area (Å²) in [5.74, 6) is 0. The van der Waals surface area contributed by atoms with Gasteiger partial charge >= 0.3 is 6.08 Å². The standard InChI is InChI=1S/C6H11NO4/c8-3-5(9)4-11-6-7-1-2-10-6/h5,8-9H,1-4H2. The number of hydrogen-bond donors (Lipinski definition) is 2. The summed E-state index contributed by atoms with van der Waals surface area (Å²) in [4.78, 5) is 3.82. The molecule has 1 unspecified atom stereocenters. The molecule has 0 aromatic rings. The van der Waals surface area contributed by atoms with E-state index in [9.17, 15) is 0 Å². The van der Waals surface area contributed by atoms with E-state index in [2.05, 4.69) is 4.99 Å². The lowest BCUT2D eigenvalue weighted by atomic mass is 10.4. The van der Waals surface area contributed by atoms with Crippen LogP contribution in [0.4, 0.5) is 0 Å². The van der Waals surface area contributed by atoms with E-state index >= 15 is 0 Å². The lowest BCUT2D eigenvalue weighted by Crippen LogP contribution is -2.21. The minimum atomic E-state index is -0.859. The minimum absolute atomic E-state index is 0.0231. The Morgan fingerprint density at radius 1 is 1.73 bits per heavy atom. The van der Waals surface area contributed by atoms with Gasteiger partial charge in [-0.2, -0.15) is 0 Å². The number of aliphatic imine (C=N–C) groups is 1. The van der Waals surface area contributed by atoms with Crippen molar-refractivity contribution in [3.8, 4) is 0 Å². The number of hydrogen-bond acceptors (Lipinski definition) is 5. The largest absolute Gasteiger partial charge is 0.449 e. The number of ether oxygens (including phenoxy) is 2. The van der Waals surface area contributed by atoms with Crippen molar-refractivity contribution in [3.05, 3.63) is 0 Å². The van der Waals surface area contributed by atoms with Crippen LogP contribution in [-0.2, 0) is 9.47 Å². The summed E-state index contributed by atoms with van der Waals surface area (Å²) in [6.45, 7) is 0.845. The van der Waals surface area contributed by atoms with Crippen LogP contribution < -0.4 is 0 Å². The molecule has 64 valence electrons. The van der Waals surface area contributed by atoms with Crippen molar-refractivity contribution in [1.82, 2.24) is 0 Å². The zero-order valence-corrected chi connectivity index (χ0v) is 6.06. The molecule has 0 saturated heterocycles. The monoisotopic (exact) mass is 161 g/mol. The second-order valence-electron chi connectivity index (χ2n) is 2.14. The van der Waals surface area contributed by atoms with Crippen molar-refractivity contribution in [1.29, 1.82) is 0 Å². The molecule has 0 radical (unpaired) electrons. The van der Waals surface area contributed by atoms with E-state index in [4.69, 9.17) is 19.7 Å². The first-order valence-electron chi connectivity index (χ1n) is 3.42. The fourth-order valence-electron chi connectivity index (χ4n) is 0.623. The zero-order valence-electron chi connectivity index (χ0n) is 6.06. The Bertz CT molecular complexity index is 148. The smallest absolute Gasteiger partial charge is 0.383 e. The van der Waals surface area contributed by atoms with Gasteiger partial charge < -0.3 is 19.7 Å². The Morgan fingerprint density at radius 2 is 2.55 bits per heavy atom. The van der Waals surface area contributed by atoms with Crippen LogP contribution >= 0.6 is 0 Å². The molecule has 1 aliphatic rings. The predicted octanol–water partition coefficient (Wildman–Crippen LogP) is -1.26. The first-order valence-corrected chi connectivity index (χ1v) is 3.42. The Labute approximate surface area is 64.3 Å². The van der Waals surface area contributed by atoms with Gasteiger partial charge in [-0.25, -0.2) is 4.99 Å². The second-order valence-corrected chi connectivity index (χ2v) is 2.14. The van der Waals surface area contributed by atoms with Crippen LogP contribution in [0.5, 0.6) is 0 Å². The van der Waals surface area contributed by atoms with E-state index in [1.807, 2.05) is 0 Å². The first kappa shape index (κ1) is 8.29.